The summed E-state index contributed by atoms with van der Waals surface area (Å²) in [4.78, 5) is 28.2. The number of para-hydroxylation sites is 2. The number of anilines is 1. The molecule has 0 spiro atoms. The summed E-state index contributed by atoms with van der Waals surface area (Å²) in [6.07, 6.45) is 1.66. The van der Waals surface area contributed by atoms with Crippen LogP contribution in [0.1, 0.15) is 10.4 Å². The molecule has 0 aliphatic heterocycles. The number of nitrogens with zero attached hydrogens (tertiary/aromatic N) is 1. The Labute approximate surface area is 143 Å². The number of aromatic nitrogens is 1. The highest BCUT2D eigenvalue weighted by Gasteiger charge is 2.11. The molecule has 0 saturated carbocycles. The van der Waals surface area contributed by atoms with Crippen LogP contribution in [0.5, 0.6) is 5.75 Å². The van der Waals surface area contributed by atoms with E-state index < -0.39 is 5.91 Å². The number of hydrazine groups is 1. The lowest BCUT2D eigenvalue weighted by Crippen LogP contribution is -2.42. The molecule has 2 aromatic carbocycles. The molecule has 25 heavy (non-hydrogen) atoms. The van der Waals surface area contributed by atoms with Crippen LogP contribution in [0.3, 0.4) is 0 Å². The van der Waals surface area contributed by atoms with Gasteiger partial charge in [0, 0.05) is 11.6 Å². The van der Waals surface area contributed by atoms with Gasteiger partial charge in [-0.25, -0.2) is 5.43 Å². The number of phenols is 1. The first-order valence-corrected chi connectivity index (χ1v) is 7.60. The minimum Gasteiger partial charge on any atom is -0.507 e. The highest BCUT2D eigenvalue weighted by atomic mass is 16.3. The summed E-state index contributed by atoms with van der Waals surface area (Å²) in [5.74, 6) is -0.999. The second kappa shape index (κ2) is 7.41. The Morgan fingerprint density at radius 3 is 2.64 bits per heavy atom. The summed E-state index contributed by atoms with van der Waals surface area (Å²) in [7, 11) is 0. The fraction of sp³-hybridized carbons (Fsp3) is 0.0556. The highest BCUT2D eigenvalue weighted by molar-refractivity contribution is 6.01. The first kappa shape index (κ1) is 16.4. The summed E-state index contributed by atoms with van der Waals surface area (Å²) >= 11 is 0. The van der Waals surface area contributed by atoms with Crippen molar-refractivity contribution in [1.29, 1.82) is 0 Å². The second-order valence-electron chi connectivity index (χ2n) is 5.25. The predicted molar refractivity (Wildman–Crippen MR) is 93.9 cm³/mol. The van der Waals surface area contributed by atoms with Crippen molar-refractivity contribution in [2.75, 3.05) is 11.9 Å². The molecular weight excluding hydrogens is 320 g/mol. The third-order valence-corrected chi connectivity index (χ3v) is 3.51. The Morgan fingerprint density at radius 1 is 1.00 bits per heavy atom. The van der Waals surface area contributed by atoms with E-state index in [1.807, 2.05) is 24.3 Å². The topological polar surface area (TPSA) is 103 Å². The average molecular weight is 336 g/mol. The summed E-state index contributed by atoms with van der Waals surface area (Å²) in [5, 5.41) is 13.3. The maximum Gasteiger partial charge on any atom is 0.269 e. The van der Waals surface area contributed by atoms with Crippen LogP contribution in [0.4, 0.5) is 5.69 Å². The van der Waals surface area contributed by atoms with Crippen LogP contribution in [-0.4, -0.2) is 28.4 Å². The van der Waals surface area contributed by atoms with Gasteiger partial charge in [-0.3, -0.25) is 20.0 Å². The molecule has 3 rings (SSSR count). The van der Waals surface area contributed by atoms with Crippen LogP contribution >= 0.6 is 0 Å². The van der Waals surface area contributed by atoms with Crippen molar-refractivity contribution in [2.24, 2.45) is 0 Å². The summed E-state index contributed by atoms with van der Waals surface area (Å²) in [5.41, 5.74) is 6.31. The molecular formula is C18H16N4O3. The standard InChI is InChI=1S/C18H16N4O3/c23-15-9-2-1-7-13(15)18(25)22-20-11-16(24)21-14-8-3-5-12-6-4-10-19-17(12)14/h1-10,20,23H,11H2,(H,21,24)(H,22,25). The molecule has 0 fully saturated rings. The number of nitrogens with one attached hydrogen (secondary N) is 3. The van der Waals surface area contributed by atoms with E-state index in [-0.39, 0.29) is 23.8 Å². The second-order valence-corrected chi connectivity index (χ2v) is 5.25. The van der Waals surface area contributed by atoms with E-state index in [1.54, 1.807) is 24.4 Å². The molecule has 0 unspecified atom stereocenters. The smallest absolute Gasteiger partial charge is 0.269 e. The van der Waals surface area contributed by atoms with Crippen molar-refractivity contribution in [3.05, 3.63) is 66.4 Å². The van der Waals surface area contributed by atoms with E-state index in [1.165, 1.54) is 12.1 Å². The van der Waals surface area contributed by atoms with E-state index >= 15 is 0 Å². The molecule has 1 heterocycles. The molecule has 0 aliphatic rings. The van der Waals surface area contributed by atoms with Crippen molar-refractivity contribution in [2.45, 2.75) is 0 Å². The van der Waals surface area contributed by atoms with Gasteiger partial charge in [-0.05, 0) is 24.3 Å². The first-order chi connectivity index (χ1) is 12.1. The van der Waals surface area contributed by atoms with Crippen LogP contribution in [0.25, 0.3) is 10.9 Å². The molecule has 7 nitrogen and oxygen atoms in total. The fourth-order valence-corrected chi connectivity index (χ4v) is 2.34. The molecule has 3 aromatic rings. The van der Waals surface area contributed by atoms with Crippen molar-refractivity contribution >= 4 is 28.4 Å². The zero-order chi connectivity index (χ0) is 17.6. The number of phenolic OH excluding ortho intramolecular Hbond substituents is 1. The lowest BCUT2D eigenvalue weighted by Gasteiger charge is -2.10. The SMILES string of the molecule is O=C(CNNC(=O)c1ccccc1O)Nc1cccc2cccnc12. The summed E-state index contributed by atoms with van der Waals surface area (Å²) in [6.45, 7) is -0.136. The van der Waals surface area contributed by atoms with Gasteiger partial charge in [0.05, 0.1) is 23.3 Å². The largest absolute Gasteiger partial charge is 0.507 e. The van der Waals surface area contributed by atoms with E-state index in [9.17, 15) is 14.7 Å². The zero-order valence-electron chi connectivity index (χ0n) is 13.2. The lowest BCUT2D eigenvalue weighted by molar-refractivity contribution is -0.115. The van der Waals surface area contributed by atoms with Gasteiger partial charge in [0.2, 0.25) is 5.91 Å². The maximum absolute atomic E-state index is 12.0. The van der Waals surface area contributed by atoms with Gasteiger partial charge < -0.3 is 10.4 Å². The van der Waals surface area contributed by atoms with Gasteiger partial charge in [0.15, 0.2) is 0 Å². The molecule has 0 atom stereocenters. The number of carbonyl (C=O) groups excluding carboxylic acids is 2. The number of amides is 2. The Balaban J connectivity index is 1.56. The fourth-order valence-electron chi connectivity index (χ4n) is 2.34. The van der Waals surface area contributed by atoms with Crippen molar-refractivity contribution in [3.63, 3.8) is 0 Å². The maximum atomic E-state index is 12.0. The van der Waals surface area contributed by atoms with E-state index in [0.29, 0.717) is 11.2 Å². The number of carbonyl (C=O) groups is 2. The Bertz CT molecular complexity index is 922. The van der Waals surface area contributed by atoms with Gasteiger partial charge in [0.25, 0.3) is 5.91 Å². The number of fused-ring (bicyclic) bond motifs is 1. The molecule has 7 heteroatoms. The van der Waals surface area contributed by atoms with Gasteiger partial charge >= 0.3 is 0 Å². The van der Waals surface area contributed by atoms with Crippen LogP contribution in [0.15, 0.2) is 60.8 Å². The quantitative estimate of drug-likeness (QED) is 0.532. The monoisotopic (exact) mass is 336 g/mol. The molecule has 0 aliphatic carbocycles. The number of hydrogen-bond acceptors (Lipinski definition) is 5. The first-order valence-electron chi connectivity index (χ1n) is 7.60. The van der Waals surface area contributed by atoms with Gasteiger partial charge in [-0.1, -0.05) is 30.3 Å². The minimum absolute atomic E-state index is 0.119. The van der Waals surface area contributed by atoms with Gasteiger partial charge in [-0.15, -0.1) is 0 Å². The van der Waals surface area contributed by atoms with Crippen molar-refractivity contribution in [1.82, 2.24) is 15.8 Å². The molecule has 4 N–H and O–H groups in total. The van der Waals surface area contributed by atoms with Crippen LogP contribution in [-0.2, 0) is 4.79 Å². The van der Waals surface area contributed by atoms with Gasteiger partial charge in [0.1, 0.15) is 5.75 Å². The Hall–Kier alpha value is -3.45. The third-order valence-electron chi connectivity index (χ3n) is 3.51. The molecule has 0 radical (unpaired) electrons. The highest BCUT2D eigenvalue weighted by Crippen LogP contribution is 2.20. The Morgan fingerprint density at radius 2 is 1.80 bits per heavy atom. The Kier molecular flexibility index (Phi) is 4.87. The third kappa shape index (κ3) is 3.91. The van der Waals surface area contributed by atoms with Crippen LogP contribution < -0.4 is 16.2 Å². The predicted octanol–water partition coefficient (Wildman–Crippen LogP) is 1.81. The number of rotatable bonds is 5. The zero-order valence-corrected chi connectivity index (χ0v) is 13.2. The van der Waals surface area contributed by atoms with E-state index in [0.717, 1.165) is 5.39 Å². The van der Waals surface area contributed by atoms with E-state index in [4.69, 9.17) is 0 Å². The molecule has 0 bridgehead atoms. The summed E-state index contributed by atoms with van der Waals surface area (Å²) in [6, 6.07) is 15.4. The van der Waals surface area contributed by atoms with Crippen LogP contribution in [0, 0.1) is 0 Å². The summed E-state index contributed by atoms with van der Waals surface area (Å²) < 4.78 is 0. The van der Waals surface area contributed by atoms with E-state index in [2.05, 4.69) is 21.2 Å². The van der Waals surface area contributed by atoms with Gasteiger partial charge in [-0.2, -0.15) is 0 Å². The lowest BCUT2D eigenvalue weighted by atomic mass is 10.2. The molecule has 0 saturated heterocycles. The molecule has 126 valence electrons. The average Bonchev–Trinajstić information content (AvgIpc) is 2.62. The number of pyridine rings is 1. The number of aromatic hydroxyl groups is 1. The molecule has 2 amide bonds. The normalized spacial score (nSPS) is 10.4. The van der Waals surface area contributed by atoms with Crippen molar-refractivity contribution < 1.29 is 14.7 Å². The van der Waals surface area contributed by atoms with Crippen LogP contribution in [0.2, 0.25) is 0 Å². The number of hydrogen-bond donors (Lipinski definition) is 4. The minimum atomic E-state index is -0.530. The molecule has 1 aromatic heterocycles. The van der Waals surface area contributed by atoms with Crippen molar-refractivity contribution in [3.8, 4) is 5.75 Å². The number of benzene rings is 2.